The van der Waals surface area contributed by atoms with E-state index in [0.717, 1.165) is 6.07 Å². The summed E-state index contributed by atoms with van der Waals surface area (Å²) in [7, 11) is 0. The van der Waals surface area contributed by atoms with Crippen molar-refractivity contribution in [2.24, 2.45) is 11.8 Å². The average Bonchev–Trinajstić information content (AvgIpc) is 2.69. The molecule has 27 heavy (non-hydrogen) atoms. The second-order valence-corrected chi connectivity index (χ2v) is 6.83. The van der Waals surface area contributed by atoms with Gasteiger partial charge >= 0.3 is 0 Å². The summed E-state index contributed by atoms with van der Waals surface area (Å²) in [6.45, 7) is 7.10. The first-order chi connectivity index (χ1) is 12.9. The monoisotopic (exact) mass is 378 g/mol. The normalized spacial score (nSPS) is 21.1. The van der Waals surface area contributed by atoms with Crippen molar-refractivity contribution in [3.8, 4) is 0 Å². The van der Waals surface area contributed by atoms with E-state index in [0.29, 0.717) is 25.7 Å². The fourth-order valence-electron chi connectivity index (χ4n) is 3.63. The van der Waals surface area contributed by atoms with Crippen LogP contribution >= 0.6 is 0 Å². The Balaban J connectivity index is 2.07. The molecule has 3 rings (SSSR count). The third kappa shape index (κ3) is 3.43. The Bertz CT molecular complexity index is 934. The summed E-state index contributed by atoms with van der Waals surface area (Å²) < 4.78 is 72.4. The first-order valence-electron chi connectivity index (χ1n) is 8.79. The zero-order valence-electron chi connectivity index (χ0n) is 14.7. The van der Waals surface area contributed by atoms with Crippen molar-refractivity contribution >= 4 is 22.7 Å². The molecule has 0 heterocycles. The Morgan fingerprint density at radius 2 is 1.59 bits per heavy atom. The molecule has 0 saturated heterocycles. The third-order valence-electron chi connectivity index (χ3n) is 5.28. The minimum absolute atomic E-state index is 0.00489. The summed E-state index contributed by atoms with van der Waals surface area (Å²) in [6, 6.07) is 3.58. The highest BCUT2D eigenvalue weighted by molar-refractivity contribution is 5.89. The lowest BCUT2D eigenvalue weighted by molar-refractivity contribution is 0.304. The summed E-state index contributed by atoms with van der Waals surface area (Å²) in [5.74, 6) is -7.06. The van der Waals surface area contributed by atoms with Crippen molar-refractivity contribution in [3.05, 3.63) is 71.8 Å². The largest absolute Gasteiger partial charge is 0.208 e. The van der Waals surface area contributed by atoms with Gasteiger partial charge in [0.15, 0.2) is 17.5 Å². The molecule has 0 nitrogen and oxygen atoms in total. The lowest BCUT2D eigenvalue weighted by atomic mass is 9.81. The number of hydrogen-bond acceptors (Lipinski definition) is 0. The van der Waals surface area contributed by atoms with Gasteiger partial charge < -0.3 is 0 Å². The van der Waals surface area contributed by atoms with Crippen molar-refractivity contribution in [1.29, 1.82) is 0 Å². The summed E-state index contributed by atoms with van der Waals surface area (Å²) in [5.41, 5.74) is -0.830. The van der Waals surface area contributed by atoms with Crippen LogP contribution in [0.4, 0.5) is 22.0 Å². The fraction of sp³-hybridized carbons (Fsp3) is 0.273. The van der Waals surface area contributed by atoms with E-state index in [9.17, 15) is 22.0 Å². The fourth-order valence-corrected chi connectivity index (χ4v) is 3.63. The molecule has 5 heteroatoms. The van der Waals surface area contributed by atoms with Crippen LogP contribution < -0.4 is 0 Å². The van der Waals surface area contributed by atoms with E-state index in [-0.39, 0.29) is 16.9 Å². The van der Waals surface area contributed by atoms with Crippen molar-refractivity contribution < 1.29 is 22.0 Å². The number of fused-ring (bicyclic) bond motifs is 1. The highest BCUT2D eigenvalue weighted by Crippen LogP contribution is 2.40. The van der Waals surface area contributed by atoms with Gasteiger partial charge in [-0.1, -0.05) is 30.9 Å². The molecule has 0 atom stereocenters. The van der Waals surface area contributed by atoms with E-state index in [2.05, 4.69) is 13.2 Å². The summed E-state index contributed by atoms with van der Waals surface area (Å²) in [5, 5.41) is -0.654. The Labute approximate surface area is 154 Å². The zero-order chi connectivity index (χ0) is 19.7. The zero-order valence-corrected chi connectivity index (χ0v) is 14.7. The smallest absolute Gasteiger partial charge is 0.170 e. The molecule has 0 spiro atoms. The Hall–Kier alpha value is -2.43. The van der Waals surface area contributed by atoms with Crippen LogP contribution in [0.1, 0.15) is 36.8 Å². The molecular weight excluding hydrogens is 359 g/mol. The summed E-state index contributed by atoms with van der Waals surface area (Å²) >= 11 is 0. The van der Waals surface area contributed by atoms with Crippen LogP contribution in [-0.4, -0.2) is 0 Å². The predicted molar refractivity (Wildman–Crippen MR) is 98.7 cm³/mol. The molecule has 0 amide bonds. The van der Waals surface area contributed by atoms with Gasteiger partial charge in [-0.25, -0.2) is 22.0 Å². The van der Waals surface area contributed by atoms with E-state index >= 15 is 0 Å². The molecule has 1 aliphatic carbocycles. The van der Waals surface area contributed by atoms with Gasteiger partial charge in [0.05, 0.1) is 10.9 Å². The van der Waals surface area contributed by atoms with E-state index < -0.39 is 46.0 Å². The van der Waals surface area contributed by atoms with Crippen LogP contribution in [-0.2, 0) is 0 Å². The van der Waals surface area contributed by atoms with E-state index in [1.807, 2.05) is 0 Å². The molecule has 0 radical (unpaired) electrons. The molecular formula is C22H19F5. The second kappa shape index (κ2) is 7.67. The highest BCUT2D eigenvalue weighted by Gasteiger charge is 2.28. The molecule has 0 aromatic heterocycles. The molecule has 1 fully saturated rings. The molecule has 0 unspecified atom stereocenters. The molecule has 142 valence electrons. The number of hydrogen-bond donors (Lipinski definition) is 0. The van der Waals surface area contributed by atoms with Gasteiger partial charge in [-0.3, -0.25) is 0 Å². The van der Waals surface area contributed by atoms with Crippen molar-refractivity contribution in [2.45, 2.75) is 25.7 Å². The third-order valence-corrected chi connectivity index (χ3v) is 5.28. The highest BCUT2D eigenvalue weighted by atomic mass is 19.2. The van der Waals surface area contributed by atoms with Crippen LogP contribution in [0.3, 0.4) is 0 Å². The van der Waals surface area contributed by atoms with Crippen LogP contribution in [0.25, 0.3) is 22.7 Å². The van der Waals surface area contributed by atoms with Gasteiger partial charge in [0.2, 0.25) is 0 Å². The number of rotatable bonds is 4. The Morgan fingerprint density at radius 3 is 2.19 bits per heavy atom. The van der Waals surface area contributed by atoms with Gasteiger partial charge in [-0.15, -0.1) is 6.58 Å². The molecule has 2 aromatic rings. The summed E-state index contributed by atoms with van der Waals surface area (Å²) in [6.07, 6.45) is 5.10. The van der Waals surface area contributed by atoms with Crippen LogP contribution in [0, 0.1) is 29.3 Å². The lowest BCUT2D eigenvalue weighted by Gasteiger charge is -2.25. The number of allylic oxidation sites excluding steroid dienone is 2. The molecule has 0 aliphatic heterocycles. The predicted octanol–water partition coefficient (Wildman–Crippen LogP) is 7.50. The minimum Gasteiger partial charge on any atom is -0.208 e. The maximum absolute atomic E-state index is 14.7. The number of halogens is 5. The first kappa shape index (κ1) is 19.3. The van der Waals surface area contributed by atoms with Crippen molar-refractivity contribution in [2.75, 3.05) is 0 Å². The van der Waals surface area contributed by atoms with E-state index in [4.69, 9.17) is 0 Å². The Kier molecular flexibility index (Phi) is 5.49. The average molecular weight is 378 g/mol. The Morgan fingerprint density at radius 1 is 0.926 bits per heavy atom. The van der Waals surface area contributed by atoms with Crippen molar-refractivity contribution in [3.63, 3.8) is 0 Å². The molecule has 2 aromatic carbocycles. The quantitative estimate of drug-likeness (QED) is 0.382. The molecule has 0 bridgehead atoms. The second-order valence-electron chi connectivity index (χ2n) is 6.83. The maximum atomic E-state index is 14.7. The van der Waals surface area contributed by atoms with Gasteiger partial charge in [-0.05, 0) is 43.1 Å². The van der Waals surface area contributed by atoms with Crippen molar-refractivity contribution in [1.82, 2.24) is 0 Å². The minimum atomic E-state index is -1.60. The first-order valence-corrected chi connectivity index (χ1v) is 8.79. The van der Waals surface area contributed by atoms with Crippen LogP contribution in [0.5, 0.6) is 0 Å². The molecule has 1 saturated carbocycles. The molecule has 1 aliphatic rings. The van der Waals surface area contributed by atoms with Crippen LogP contribution in [0.15, 0.2) is 43.3 Å². The van der Waals surface area contributed by atoms with Gasteiger partial charge in [0.25, 0.3) is 0 Å². The number of benzene rings is 2. The van der Waals surface area contributed by atoms with Gasteiger partial charge in [0, 0.05) is 11.5 Å². The molecule has 0 N–H and O–H groups in total. The SMILES string of the molecule is C=Cc1ccc2cc(C(F)=C(F)C3CCC(C=C)CC3)c(F)c(F)c2c1F. The van der Waals surface area contributed by atoms with E-state index in [1.165, 1.54) is 18.2 Å². The summed E-state index contributed by atoms with van der Waals surface area (Å²) in [4.78, 5) is 0. The van der Waals surface area contributed by atoms with Gasteiger partial charge in [-0.2, -0.15) is 0 Å². The lowest BCUT2D eigenvalue weighted by Crippen LogP contribution is -2.14. The standard InChI is InChI=1S/C22H19F5/c1-3-12-5-7-14(8-6-12)19(24)20(25)16-11-15-10-9-13(4-2)18(23)17(15)22(27)21(16)26/h3-4,9-12,14H,1-2,5-8H2. The van der Waals surface area contributed by atoms with Crippen LogP contribution in [0.2, 0.25) is 0 Å². The maximum Gasteiger partial charge on any atom is 0.170 e. The van der Waals surface area contributed by atoms with Gasteiger partial charge in [0.1, 0.15) is 11.6 Å². The topological polar surface area (TPSA) is 0 Å². The van der Waals surface area contributed by atoms with E-state index in [1.54, 1.807) is 6.08 Å².